The smallest absolute Gasteiger partial charge is 0.119 e. The third-order valence-electron chi connectivity index (χ3n) is 6.49. The fraction of sp³-hybridized carbons (Fsp3) is 0.565. The average molecular weight is 369 g/mol. The normalized spacial score (nSPS) is 21.9. The zero-order valence-corrected chi connectivity index (χ0v) is 16.4. The molecule has 2 N–H and O–H groups in total. The van der Waals surface area contributed by atoms with Crippen molar-refractivity contribution in [2.75, 3.05) is 39.8 Å². The molecule has 146 valence electrons. The molecule has 0 amide bonds. The SMILES string of the molecule is COc1ccc2cc(C(CN3CCNCC3)C3(O)CCCCC3)ccc2c1. The third kappa shape index (κ3) is 4.13. The molecule has 2 aromatic rings. The van der Waals surface area contributed by atoms with E-state index >= 15 is 0 Å². The van der Waals surface area contributed by atoms with E-state index in [0.717, 1.165) is 64.2 Å². The Morgan fingerprint density at radius 2 is 1.74 bits per heavy atom. The summed E-state index contributed by atoms with van der Waals surface area (Å²) in [5.41, 5.74) is 0.694. The summed E-state index contributed by atoms with van der Waals surface area (Å²) in [6, 6.07) is 12.9. The van der Waals surface area contributed by atoms with Crippen LogP contribution >= 0.6 is 0 Å². The van der Waals surface area contributed by atoms with E-state index in [2.05, 4.69) is 40.5 Å². The number of rotatable bonds is 5. The Morgan fingerprint density at radius 1 is 1.04 bits per heavy atom. The molecule has 1 saturated heterocycles. The van der Waals surface area contributed by atoms with Gasteiger partial charge in [0.25, 0.3) is 0 Å². The predicted octanol–water partition coefficient (Wildman–Crippen LogP) is 3.53. The number of hydrogen-bond donors (Lipinski definition) is 2. The summed E-state index contributed by atoms with van der Waals surface area (Å²) in [6.45, 7) is 5.17. The number of nitrogens with zero attached hydrogens (tertiary/aromatic N) is 1. The molecule has 4 heteroatoms. The van der Waals surface area contributed by atoms with Crippen molar-refractivity contribution in [3.05, 3.63) is 42.0 Å². The molecule has 2 fully saturated rings. The highest BCUT2D eigenvalue weighted by molar-refractivity contribution is 5.84. The second-order valence-electron chi connectivity index (χ2n) is 8.24. The second-order valence-corrected chi connectivity index (χ2v) is 8.24. The molecule has 1 heterocycles. The summed E-state index contributed by atoms with van der Waals surface area (Å²) in [4.78, 5) is 2.52. The van der Waals surface area contributed by atoms with Crippen molar-refractivity contribution in [1.29, 1.82) is 0 Å². The van der Waals surface area contributed by atoms with Crippen LogP contribution in [0, 0.1) is 0 Å². The monoisotopic (exact) mass is 368 g/mol. The predicted molar refractivity (Wildman–Crippen MR) is 111 cm³/mol. The topological polar surface area (TPSA) is 44.7 Å². The van der Waals surface area contributed by atoms with Gasteiger partial charge in [0.2, 0.25) is 0 Å². The first-order valence-electron chi connectivity index (χ1n) is 10.4. The zero-order valence-electron chi connectivity index (χ0n) is 16.4. The standard InChI is InChI=1S/C23H32N2O2/c1-27-21-8-7-18-15-20(6-5-19(18)16-21)22(17-25-13-11-24-12-14-25)23(26)9-3-2-4-10-23/h5-8,15-16,22,24,26H,2-4,9-14,17H2,1H3. The van der Waals surface area contributed by atoms with E-state index in [1.165, 1.54) is 22.8 Å². The van der Waals surface area contributed by atoms with Crippen LogP contribution in [-0.2, 0) is 0 Å². The highest BCUT2D eigenvalue weighted by atomic mass is 16.5. The van der Waals surface area contributed by atoms with Crippen molar-refractivity contribution in [2.45, 2.75) is 43.6 Å². The minimum Gasteiger partial charge on any atom is -0.497 e. The van der Waals surface area contributed by atoms with E-state index in [4.69, 9.17) is 4.74 Å². The van der Waals surface area contributed by atoms with Crippen molar-refractivity contribution in [2.24, 2.45) is 0 Å². The van der Waals surface area contributed by atoms with E-state index < -0.39 is 5.60 Å². The maximum Gasteiger partial charge on any atom is 0.119 e. The number of aliphatic hydroxyl groups is 1. The summed E-state index contributed by atoms with van der Waals surface area (Å²) in [7, 11) is 1.71. The summed E-state index contributed by atoms with van der Waals surface area (Å²) in [6.07, 6.45) is 5.37. The molecule has 27 heavy (non-hydrogen) atoms. The molecule has 2 aliphatic rings. The molecule has 1 saturated carbocycles. The van der Waals surface area contributed by atoms with Crippen LogP contribution in [-0.4, -0.2) is 55.4 Å². The Bertz CT molecular complexity index is 764. The molecular formula is C23H32N2O2. The fourth-order valence-electron chi connectivity index (χ4n) is 4.84. The molecule has 0 radical (unpaired) electrons. The van der Waals surface area contributed by atoms with E-state index in [1.54, 1.807) is 7.11 Å². The summed E-state index contributed by atoms with van der Waals surface area (Å²) < 4.78 is 5.36. The van der Waals surface area contributed by atoms with Crippen LogP contribution < -0.4 is 10.1 Å². The first-order chi connectivity index (χ1) is 13.2. The van der Waals surface area contributed by atoms with Crippen LogP contribution in [0.2, 0.25) is 0 Å². The van der Waals surface area contributed by atoms with Crippen LogP contribution in [0.3, 0.4) is 0 Å². The number of fused-ring (bicyclic) bond motifs is 1. The van der Waals surface area contributed by atoms with Gasteiger partial charge >= 0.3 is 0 Å². The summed E-state index contributed by atoms with van der Waals surface area (Å²) in [5, 5.41) is 17.5. The molecule has 4 rings (SSSR count). The van der Waals surface area contributed by atoms with E-state index in [-0.39, 0.29) is 5.92 Å². The van der Waals surface area contributed by atoms with Crippen molar-refractivity contribution in [3.8, 4) is 5.75 Å². The van der Waals surface area contributed by atoms with Crippen molar-refractivity contribution >= 4 is 10.8 Å². The Labute approximate surface area is 162 Å². The lowest BCUT2D eigenvalue weighted by atomic mass is 9.72. The largest absolute Gasteiger partial charge is 0.497 e. The lowest BCUT2D eigenvalue weighted by Crippen LogP contribution is -2.49. The first-order valence-corrected chi connectivity index (χ1v) is 10.4. The number of benzene rings is 2. The Kier molecular flexibility index (Phi) is 5.67. The summed E-state index contributed by atoms with van der Waals surface area (Å²) >= 11 is 0. The maximum atomic E-state index is 11.6. The minimum atomic E-state index is -0.580. The fourth-order valence-corrected chi connectivity index (χ4v) is 4.84. The number of hydrogen-bond acceptors (Lipinski definition) is 4. The number of piperazine rings is 1. The lowest BCUT2D eigenvalue weighted by molar-refractivity contribution is -0.0316. The van der Waals surface area contributed by atoms with Gasteiger partial charge in [0.1, 0.15) is 5.75 Å². The molecular weight excluding hydrogens is 336 g/mol. The molecule has 0 aromatic heterocycles. The zero-order chi connectivity index (χ0) is 18.7. The number of ether oxygens (including phenoxy) is 1. The molecule has 1 unspecified atom stereocenters. The molecule has 4 nitrogen and oxygen atoms in total. The van der Waals surface area contributed by atoms with Gasteiger partial charge in [0, 0.05) is 38.6 Å². The Morgan fingerprint density at radius 3 is 2.48 bits per heavy atom. The van der Waals surface area contributed by atoms with Crippen LogP contribution in [0.5, 0.6) is 5.75 Å². The van der Waals surface area contributed by atoms with Gasteiger partial charge < -0.3 is 20.1 Å². The van der Waals surface area contributed by atoms with Crippen LogP contribution in [0.1, 0.15) is 43.6 Å². The number of methoxy groups -OCH3 is 1. The molecule has 1 aliphatic carbocycles. The molecule has 0 bridgehead atoms. The van der Waals surface area contributed by atoms with Crippen molar-refractivity contribution < 1.29 is 9.84 Å². The highest BCUT2D eigenvalue weighted by Crippen LogP contribution is 2.41. The van der Waals surface area contributed by atoms with Gasteiger partial charge in [-0.15, -0.1) is 0 Å². The minimum absolute atomic E-state index is 0.169. The first kappa shape index (κ1) is 18.7. The van der Waals surface area contributed by atoms with Gasteiger partial charge in [0.15, 0.2) is 0 Å². The Balaban J connectivity index is 1.67. The maximum absolute atomic E-state index is 11.6. The highest BCUT2D eigenvalue weighted by Gasteiger charge is 2.39. The number of nitrogens with one attached hydrogen (secondary N) is 1. The molecule has 0 spiro atoms. The van der Waals surface area contributed by atoms with E-state index in [9.17, 15) is 5.11 Å². The van der Waals surface area contributed by atoms with Gasteiger partial charge in [-0.3, -0.25) is 0 Å². The van der Waals surface area contributed by atoms with Gasteiger partial charge in [-0.2, -0.15) is 0 Å². The van der Waals surface area contributed by atoms with Gasteiger partial charge in [-0.25, -0.2) is 0 Å². The summed E-state index contributed by atoms with van der Waals surface area (Å²) in [5.74, 6) is 1.06. The van der Waals surface area contributed by atoms with Crippen molar-refractivity contribution in [3.63, 3.8) is 0 Å². The van der Waals surface area contributed by atoms with Gasteiger partial charge in [-0.1, -0.05) is 43.5 Å². The van der Waals surface area contributed by atoms with Crippen LogP contribution in [0.4, 0.5) is 0 Å². The van der Waals surface area contributed by atoms with E-state index in [0.29, 0.717) is 0 Å². The second kappa shape index (κ2) is 8.17. The third-order valence-corrected chi connectivity index (χ3v) is 6.49. The average Bonchev–Trinajstić information content (AvgIpc) is 2.72. The molecule has 1 atom stereocenters. The van der Waals surface area contributed by atoms with Crippen molar-refractivity contribution in [1.82, 2.24) is 10.2 Å². The van der Waals surface area contributed by atoms with Crippen LogP contribution in [0.15, 0.2) is 36.4 Å². The van der Waals surface area contributed by atoms with Gasteiger partial charge in [-0.05, 0) is 41.3 Å². The van der Waals surface area contributed by atoms with Crippen LogP contribution in [0.25, 0.3) is 10.8 Å². The Hall–Kier alpha value is -1.62. The van der Waals surface area contributed by atoms with E-state index in [1.807, 2.05) is 6.07 Å². The van der Waals surface area contributed by atoms with Gasteiger partial charge in [0.05, 0.1) is 12.7 Å². The molecule has 1 aliphatic heterocycles. The lowest BCUT2D eigenvalue weighted by Gasteiger charge is -2.42. The molecule has 2 aromatic carbocycles. The quantitative estimate of drug-likeness (QED) is 0.847.